The van der Waals surface area contributed by atoms with Gasteiger partial charge < -0.3 is 9.80 Å². The molecular weight excluding hydrogens is 316 g/mol. The number of carbonyl (C=O) groups excluding carboxylic acids is 2. The van der Waals surface area contributed by atoms with Crippen molar-refractivity contribution in [2.24, 2.45) is 5.41 Å². The molecule has 3 rings (SSSR count). The zero-order chi connectivity index (χ0) is 18.2. The topological polar surface area (TPSA) is 58.4 Å². The average molecular weight is 346 g/mol. The van der Waals surface area contributed by atoms with Crippen molar-refractivity contribution in [3.05, 3.63) is 17.5 Å². The summed E-state index contributed by atoms with van der Waals surface area (Å²) in [6, 6.07) is 1.97. The lowest BCUT2D eigenvalue weighted by molar-refractivity contribution is -0.134. The van der Waals surface area contributed by atoms with Crippen molar-refractivity contribution in [1.29, 1.82) is 0 Å². The van der Waals surface area contributed by atoms with Crippen LogP contribution in [-0.4, -0.2) is 58.1 Å². The Morgan fingerprint density at radius 2 is 1.88 bits per heavy atom. The summed E-state index contributed by atoms with van der Waals surface area (Å²) in [6.45, 7) is 9.46. The molecule has 0 saturated carbocycles. The first-order valence-electron chi connectivity index (χ1n) is 9.35. The lowest BCUT2D eigenvalue weighted by Crippen LogP contribution is -2.39. The van der Waals surface area contributed by atoms with Gasteiger partial charge in [-0.2, -0.15) is 5.10 Å². The highest BCUT2D eigenvalue weighted by Crippen LogP contribution is 2.30. The Balaban J connectivity index is 1.64. The molecule has 0 spiro atoms. The lowest BCUT2D eigenvalue weighted by atomic mass is 9.89. The summed E-state index contributed by atoms with van der Waals surface area (Å²) in [5.41, 5.74) is 1.75. The van der Waals surface area contributed by atoms with Crippen LogP contribution in [0.5, 0.6) is 0 Å². The summed E-state index contributed by atoms with van der Waals surface area (Å²) in [6.07, 6.45) is 3.39. The van der Waals surface area contributed by atoms with Crippen molar-refractivity contribution in [2.75, 3.05) is 26.7 Å². The number of amides is 2. The molecular formula is C19H30N4O2. The van der Waals surface area contributed by atoms with E-state index in [9.17, 15) is 9.59 Å². The van der Waals surface area contributed by atoms with Crippen molar-refractivity contribution >= 4 is 11.8 Å². The van der Waals surface area contributed by atoms with Crippen LogP contribution >= 0.6 is 0 Å². The average Bonchev–Trinajstić information content (AvgIpc) is 2.91. The molecule has 25 heavy (non-hydrogen) atoms. The summed E-state index contributed by atoms with van der Waals surface area (Å²) in [7, 11) is 1.85. The fourth-order valence-electron chi connectivity index (χ4n) is 3.72. The minimum absolute atomic E-state index is 0.0295. The van der Waals surface area contributed by atoms with Gasteiger partial charge in [0.1, 0.15) is 5.69 Å². The van der Waals surface area contributed by atoms with Gasteiger partial charge in [-0.05, 0) is 30.7 Å². The number of hydrogen-bond acceptors (Lipinski definition) is 3. The molecule has 0 aromatic carbocycles. The number of piperidine rings is 1. The molecule has 1 aromatic rings. The maximum atomic E-state index is 12.4. The molecule has 0 aliphatic carbocycles. The van der Waals surface area contributed by atoms with Crippen LogP contribution in [0.25, 0.3) is 0 Å². The molecule has 0 radical (unpaired) electrons. The summed E-state index contributed by atoms with van der Waals surface area (Å²) in [5.74, 6) is 0.661. The van der Waals surface area contributed by atoms with Crippen molar-refractivity contribution in [1.82, 2.24) is 19.6 Å². The van der Waals surface area contributed by atoms with E-state index in [4.69, 9.17) is 5.10 Å². The van der Waals surface area contributed by atoms with E-state index in [1.807, 2.05) is 22.7 Å². The molecule has 0 unspecified atom stereocenters. The van der Waals surface area contributed by atoms with E-state index in [2.05, 4.69) is 20.8 Å². The Morgan fingerprint density at radius 1 is 1.20 bits per heavy atom. The molecule has 0 N–H and O–H groups in total. The number of aryl methyl sites for hydroxylation is 1. The molecule has 6 heteroatoms. The van der Waals surface area contributed by atoms with Gasteiger partial charge in [0.05, 0.1) is 5.69 Å². The van der Waals surface area contributed by atoms with Crippen molar-refractivity contribution < 1.29 is 9.59 Å². The standard InChI is InChI=1S/C19H30N4O2/c1-19(2,3)13-17(24)22-10-6-14(7-11-22)15-12-16-18(25)21(4)8-5-9-23(16)20-15/h12,14H,5-11,13H2,1-4H3. The fraction of sp³-hybridized carbons (Fsp3) is 0.737. The second-order valence-electron chi connectivity index (χ2n) is 8.65. The molecule has 3 heterocycles. The van der Waals surface area contributed by atoms with Crippen LogP contribution in [0.3, 0.4) is 0 Å². The van der Waals surface area contributed by atoms with Crippen molar-refractivity contribution in [3.63, 3.8) is 0 Å². The molecule has 1 fully saturated rings. The van der Waals surface area contributed by atoms with E-state index in [1.54, 1.807) is 4.90 Å². The third-order valence-corrected chi connectivity index (χ3v) is 5.18. The Kier molecular flexibility index (Phi) is 4.89. The highest BCUT2D eigenvalue weighted by molar-refractivity contribution is 5.92. The zero-order valence-corrected chi connectivity index (χ0v) is 15.9. The monoisotopic (exact) mass is 346 g/mol. The van der Waals surface area contributed by atoms with Crippen LogP contribution in [0.15, 0.2) is 6.07 Å². The summed E-state index contributed by atoms with van der Waals surface area (Å²) in [4.78, 5) is 28.6. The predicted molar refractivity (Wildman–Crippen MR) is 96.4 cm³/mol. The van der Waals surface area contributed by atoms with E-state index in [0.717, 1.165) is 51.1 Å². The van der Waals surface area contributed by atoms with Crippen molar-refractivity contribution in [2.45, 2.75) is 58.9 Å². The van der Waals surface area contributed by atoms with Gasteiger partial charge in [-0.15, -0.1) is 0 Å². The van der Waals surface area contributed by atoms with Gasteiger partial charge in [0.15, 0.2) is 0 Å². The van der Waals surface area contributed by atoms with E-state index in [0.29, 0.717) is 18.0 Å². The van der Waals surface area contributed by atoms with Gasteiger partial charge >= 0.3 is 0 Å². The maximum absolute atomic E-state index is 12.4. The van der Waals surface area contributed by atoms with E-state index < -0.39 is 0 Å². The van der Waals surface area contributed by atoms with Gasteiger partial charge in [-0.3, -0.25) is 14.3 Å². The number of nitrogens with zero attached hydrogens (tertiary/aromatic N) is 4. The van der Waals surface area contributed by atoms with Crippen LogP contribution in [0.2, 0.25) is 0 Å². The molecule has 0 atom stereocenters. The first-order valence-corrected chi connectivity index (χ1v) is 9.35. The normalized spacial score (nSPS) is 19.8. The van der Waals surface area contributed by atoms with E-state index >= 15 is 0 Å². The highest BCUT2D eigenvalue weighted by atomic mass is 16.2. The number of rotatable bonds is 2. The molecule has 2 aliphatic heterocycles. The molecule has 6 nitrogen and oxygen atoms in total. The van der Waals surface area contributed by atoms with Gasteiger partial charge in [-0.1, -0.05) is 20.8 Å². The van der Waals surface area contributed by atoms with Gasteiger partial charge in [0.2, 0.25) is 5.91 Å². The number of fused-ring (bicyclic) bond motifs is 1. The predicted octanol–water partition coefficient (Wildman–Crippen LogP) is 2.50. The quantitative estimate of drug-likeness (QED) is 0.827. The largest absolute Gasteiger partial charge is 0.343 e. The second-order valence-corrected chi connectivity index (χ2v) is 8.65. The lowest BCUT2D eigenvalue weighted by Gasteiger charge is -2.33. The summed E-state index contributed by atoms with van der Waals surface area (Å²) < 4.78 is 1.87. The molecule has 2 aliphatic rings. The van der Waals surface area contributed by atoms with Crippen LogP contribution in [0.1, 0.15) is 68.6 Å². The molecule has 1 aromatic heterocycles. The Bertz CT molecular complexity index is 651. The second kappa shape index (κ2) is 6.81. The SMILES string of the molecule is CN1CCCn2nc(C3CCN(C(=O)CC(C)(C)C)CC3)cc2C1=O. The number of carbonyl (C=O) groups is 2. The first-order chi connectivity index (χ1) is 11.7. The van der Waals surface area contributed by atoms with E-state index in [-0.39, 0.29) is 17.2 Å². The van der Waals surface area contributed by atoms with Crippen LogP contribution in [-0.2, 0) is 11.3 Å². The Hall–Kier alpha value is -1.85. The molecule has 2 amide bonds. The zero-order valence-electron chi connectivity index (χ0n) is 15.9. The fourth-order valence-corrected chi connectivity index (χ4v) is 3.72. The highest BCUT2D eigenvalue weighted by Gasteiger charge is 2.29. The number of hydrogen-bond donors (Lipinski definition) is 0. The molecule has 1 saturated heterocycles. The smallest absolute Gasteiger partial charge is 0.271 e. The van der Waals surface area contributed by atoms with Gasteiger partial charge in [-0.25, -0.2) is 0 Å². The molecule has 0 bridgehead atoms. The van der Waals surface area contributed by atoms with Gasteiger partial charge in [0, 0.05) is 45.6 Å². The minimum Gasteiger partial charge on any atom is -0.343 e. The molecule has 138 valence electrons. The number of aromatic nitrogens is 2. The van der Waals surface area contributed by atoms with Crippen LogP contribution < -0.4 is 0 Å². The minimum atomic E-state index is 0.0295. The third-order valence-electron chi connectivity index (χ3n) is 5.18. The Morgan fingerprint density at radius 3 is 2.52 bits per heavy atom. The Labute approximate surface area is 150 Å². The van der Waals surface area contributed by atoms with Crippen LogP contribution in [0, 0.1) is 5.41 Å². The third kappa shape index (κ3) is 4.05. The summed E-state index contributed by atoms with van der Waals surface area (Å²) >= 11 is 0. The van der Waals surface area contributed by atoms with E-state index in [1.165, 1.54) is 0 Å². The first kappa shape index (κ1) is 18.0. The van der Waals surface area contributed by atoms with Gasteiger partial charge in [0.25, 0.3) is 5.91 Å². The summed E-state index contributed by atoms with van der Waals surface area (Å²) in [5, 5.41) is 4.71. The number of likely N-dealkylation sites (tertiary alicyclic amines) is 1. The maximum Gasteiger partial charge on any atom is 0.271 e. The van der Waals surface area contributed by atoms with Crippen molar-refractivity contribution in [3.8, 4) is 0 Å². The van der Waals surface area contributed by atoms with Crippen LogP contribution in [0.4, 0.5) is 0 Å².